The number of nitrogens with one attached hydrogen (secondary N) is 1. The molecule has 0 unspecified atom stereocenters. The highest BCUT2D eigenvalue weighted by Crippen LogP contribution is 2.29. The predicted octanol–water partition coefficient (Wildman–Crippen LogP) is 3.19. The van der Waals surface area contributed by atoms with Crippen LogP contribution >= 0.6 is 0 Å². The maximum Gasteiger partial charge on any atom is 0.416 e. The third-order valence-corrected chi connectivity index (χ3v) is 5.39. The highest BCUT2D eigenvalue weighted by Gasteiger charge is 2.30. The summed E-state index contributed by atoms with van der Waals surface area (Å²) in [5, 5.41) is 2.95. The molecule has 0 radical (unpaired) electrons. The van der Waals surface area contributed by atoms with Crippen molar-refractivity contribution in [3.05, 3.63) is 65.2 Å². The van der Waals surface area contributed by atoms with Crippen molar-refractivity contribution in [1.82, 2.24) is 15.1 Å². The van der Waals surface area contributed by atoms with Gasteiger partial charge >= 0.3 is 6.18 Å². The number of hydrogen-bond donors (Lipinski definition) is 1. The van der Waals surface area contributed by atoms with Gasteiger partial charge in [0.1, 0.15) is 5.75 Å². The van der Waals surface area contributed by atoms with Crippen molar-refractivity contribution in [3.63, 3.8) is 0 Å². The van der Waals surface area contributed by atoms with Crippen LogP contribution in [0.3, 0.4) is 0 Å². The number of carbonyl (C=O) groups is 1. The summed E-state index contributed by atoms with van der Waals surface area (Å²) < 4.78 is 43.7. The van der Waals surface area contributed by atoms with E-state index in [4.69, 9.17) is 4.74 Å². The van der Waals surface area contributed by atoms with Crippen molar-refractivity contribution in [2.24, 2.45) is 0 Å². The van der Waals surface area contributed by atoms with Crippen LogP contribution in [0.4, 0.5) is 13.2 Å². The average Bonchev–Trinajstić information content (AvgIpc) is 2.75. The Balaban J connectivity index is 1.36. The van der Waals surface area contributed by atoms with Gasteiger partial charge in [0, 0.05) is 39.3 Å². The summed E-state index contributed by atoms with van der Waals surface area (Å²) in [6.07, 6.45) is -3.57. The van der Waals surface area contributed by atoms with E-state index in [1.165, 1.54) is 12.1 Å². The van der Waals surface area contributed by atoms with Crippen molar-refractivity contribution in [2.45, 2.75) is 19.1 Å². The molecule has 0 bridgehead atoms. The molecule has 0 spiro atoms. The van der Waals surface area contributed by atoms with Gasteiger partial charge in [0.25, 0.3) is 0 Å². The molecule has 0 aromatic heterocycles. The summed E-state index contributed by atoms with van der Waals surface area (Å²) in [7, 11) is 1.63. The summed E-state index contributed by atoms with van der Waals surface area (Å²) in [5.41, 5.74) is 1.17. The summed E-state index contributed by atoms with van der Waals surface area (Å²) in [6, 6.07) is 13.2. The van der Waals surface area contributed by atoms with Gasteiger partial charge in [-0.3, -0.25) is 14.6 Å². The number of methoxy groups -OCH3 is 1. The molecule has 168 valence electrons. The third kappa shape index (κ3) is 7.25. The number of piperazine rings is 1. The Morgan fingerprint density at radius 3 is 2.32 bits per heavy atom. The molecule has 5 nitrogen and oxygen atoms in total. The predicted molar refractivity (Wildman–Crippen MR) is 113 cm³/mol. The molecule has 1 fully saturated rings. The van der Waals surface area contributed by atoms with E-state index < -0.39 is 11.7 Å². The Morgan fingerprint density at radius 2 is 1.68 bits per heavy atom. The van der Waals surface area contributed by atoms with E-state index in [-0.39, 0.29) is 5.91 Å². The molecule has 31 heavy (non-hydrogen) atoms. The van der Waals surface area contributed by atoms with Gasteiger partial charge in [0.2, 0.25) is 5.91 Å². The van der Waals surface area contributed by atoms with Gasteiger partial charge in [-0.1, -0.05) is 30.3 Å². The highest BCUT2D eigenvalue weighted by atomic mass is 19.4. The summed E-state index contributed by atoms with van der Waals surface area (Å²) >= 11 is 0. The zero-order valence-electron chi connectivity index (χ0n) is 17.6. The third-order valence-electron chi connectivity index (χ3n) is 5.39. The number of hydrogen-bond acceptors (Lipinski definition) is 4. The molecule has 3 rings (SSSR count). The lowest BCUT2D eigenvalue weighted by atomic mass is 10.1. The SMILES string of the molecule is COc1ccc(CCNC(=O)CN2CCN(Cc3cccc(C(F)(F)F)c3)CC2)cc1. The van der Waals surface area contributed by atoms with Crippen LogP contribution in [0.2, 0.25) is 0 Å². The van der Waals surface area contributed by atoms with Crippen LogP contribution in [0.15, 0.2) is 48.5 Å². The number of benzene rings is 2. The number of nitrogens with zero attached hydrogens (tertiary/aromatic N) is 2. The first-order valence-electron chi connectivity index (χ1n) is 10.3. The Hall–Kier alpha value is -2.58. The monoisotopic (exact) mass is 435 g/mol. The number of amides is 1. The Kier molecular flexibility index (Phi) is 7.92. The van der Waals surface area contributed by atoms with Crippen LogP contribution in [-0.2, 0) is 23.9 Å². The van der Waals surface area contributed by atoms with Crippen LogP contribution < -0.4 is 10.1 Å². The smallest absolute Gasteiger partial charge is 0.416 e. The molecular formula is C23H28F3N3O2. The maximum atomic E-state index is 12.9. The number of halogens is 3. The van der Waals surface area contributed by atoms with Gasteiger partial charge in [0.15, 0.2) is 0 Å². The summed E-state index contributed by atoms with van der Waals surface area (Å²) in [6.45, 7) is 4.24. The number of carbonyl (C=O) groups excluding carboxylic acids is 1. The first-order chi connectivity index (χ1) is 14.8. The fraction of sp³-hybridized carbons (Fsp3) is 0.435. The van der Waals surface area contributed by atoms with Crippen LogP contribution in [0, 0.1) is 0 Å². The molecule has 1 heterocycles. The first-order valence-corrected chi connectivity index (χ1v) is 10.3. The molecular weight excluding hydrogens is 407 g/mol. The van der Waals surface area contributed by atoms with Crippen LogP contribution in [-0.4, -0.2) is 62.1 Å². The number of rotatable bonds is 8. The second-order valence-electron chi connectivity index (χ2n) is 7.70. The van der Waals surface area contributed by atoms with E-state index >= 15 is 0 Å². The molecule has 0 saturated carbocycles. The lowest BCUT2D eigenvalue weighted by Crippen LogP contribution is -2.49. The van der Waals surface area contributed by atoms with Crippen molar-refractivity contribution in [1.29, 1.82) is 0 Å². The molecule has 0 atom stereocenters. The van der Waals surface area contributed by atoms with Crippen LogP contribution in [0.25, 0.3) is 0 Å². The molecule has 1 saturated heterocycles. The Morgan fingerprint density at radius 1 is 1.00 bits per heavy atom. The number of ether oxygens (including phenoxy) is 1. The molecule has 1 aliphatic rings. The summed E-state index contributed by atoms with van der Waals surface area (Å²) in [4.78, 5) is 16.4. The van der Waals surface area contributed by atoms with E-state index in [1.54, 1.807) is 13.2 Å². The second-order valence-corrected chi connectivity index (χ2v) is 7.70. The largest absolute Gasteiger partial charge is 0.497 e. The zero-order chi connectivity index (χ0) is 22.3. The van der Waals surface area contributed by atoms with Gasteiger partial charge in [-0.2, -0.15) is 13.2 Å². The molecule has 8 heteroatoms. The topological polar surface area (TPSA) is 44.8 Å². The van der Waals surface area contributed by atoms with Crippen molar-refractivity contribution < 1.29 is 22.7 Å². The summed E-state index contributed by atoms with van der Waals surface area (Å²) in [5.74, 6) is 0.792. The highest BCUT2D eigenvalue weighted by molar-refractivity contribution is 5.78. The van der Waals surface area contributed by atoms with Gasteiger partial charge in [-0.25, -0.2) is 0 Å². The lowest BCUT2D eigenvalue weighted by molar-refractivity contribution is -0.137. The molecule has 2 aromatic rings. The number of alkyl halides is 3. The first kappa shape index (κ1) is 23.1. The van der Waals surface area contributed by atoms with E-state index in [0.29, 0.717) is 38.3 Å². The zero-order valence-corrected chi connectivity index (χ0v) is 17.6. The normalized spacial score (nSPS) is 15.6. The quantitative estimate of drug-likeness (QED) is 0.692. The Labute approximate surface area is 180 Å². The van der Waals surface area contributed by atoms with Crippen molar-refractivity contribution >= 4 is 5.91 Å². The second kappa shape index (κ2) is 10.6. The lowest BCUT2D eigenvalue weighted by Gasteiger charge is -2.34. The van der Waals surface area contributed by atoms with Crippen LogP contribution in [0.1, 0.15) is 16.7 Å². The molecule has 1 aliphatic heterocycles. The van der Waals surface area contributed by atoms with E-state index in [2.05, 4.69) is 15.1 Å². The molecule has 1 N–H and O–H groups in total. The van der Waals surface area contributed by atoms with Crippen molar-refractivity contribution in [2.75, 3.05) is 46.4 Å². The maximum absolute atomic E-state index is 12.9. The van der Waals surface area contributed by atoms with E-state index in [1.807, 2.05) is 24.3 Å². The average molecular weight is 435 g/mol. The fourth-order valence-electron chi connectivity index (χ4n) is 3.61. The minimum absolute atomic E-state index is 0.0140. The fourth-order valence-corrected chi connectivity index (χ4v) is 3.61. The Bertz CT molecular complexity index is 848. The minimum Gasteiger partial charge on any atom is -0.497 e. The van der Waals surface area contributed by atoms with Gasteiger partial charge < -0.3 is 10.1 Å². The molecule has 2 aromatic carbocycles. The van der Waals surface area contributed by atoms with Gasteiger partial charge in [0.05, 0.1) is 19.2 Å². The standard InChI is InChI=1S/C23H28F3N3O2/c1-31-21-7-5-18(6-8-21)9-10-27-22(30)17-29-13-11-28(12-14-29)16-19-3-2-4-20(15-19)23(24,25)26/h2-8,15H,9-14,16-17H2,1H3,(H,27,30). The van der Waals surface area contributed by atoms with E-state index in [9.17, 15) is 18.0 Å². The van der Waals surface area contributed by atoms with Crippen molar-refractivity contribution in [3.8, 4) is 5.75 Å². The van der Waals surface area contributed by atoms with Gasteiger partial charge in [-0.05, 0) is 35.7 Å². The van der Waals surface area contributed by atoms with Gasteiger partial charge in [-0.15, -0.1) is 0 Å². The molecule has 1 amide bonds. The van der Waals surface area contributed by atoms with E-state index in [0.717, 1.165) is 36.9 Å². The minimum atomic E-state index is -4.32. The van der Waals surface area contributed by atoms with Crippen LogP contribution in [0.5, 0.6) is 5.75 Å². The molecule has 0 aliphatic carbocycles.